The normalized spacial score (nSPS) is 19.5. The van der Waals surface area contributed by atoms with Crippen LogP contribution in [0.1, 0.15) is 18.1 Å². The van der Waals surface area contributed by atoms with Gasteiger partial charge in [-0.05, 0) is 19.4 Å². The Labute approximate surface area is 119 Å². The monoisotopic (exact) mass is 278 g/mol. The highest BCUT2D eigenvalue weighted by Gasteiger charge is 2.19. The van der Waals surface area contributed by atoms with E-state index >= 15 is 0 Å². The molecule has 0 aliphatic carbocycles. The lowest BCUT2D eigenvalue weighted by atomic mass is 10.2. The molecule has 1 unspecified atom stereocenters. The number of amides is 1. The van der Waals surface area contributed by atoms with E-state index < -0.39 is 0 Å². The summed E-state index contributed by atoms with van der Waals surface area (Å²) in [6, 6.07) is 8.90. The van der Waals surface area contributed by atoms with Crippen LogP contribution in [0.2, 0.25) is 0 Å². The van der Waals surface area contributed by atoms with E-state index in [2.05, 4.69) is 43.4 Å². The van der Waals surface area contributed by atoms with Crippen LogP contribution >= 0.6 is 11.8 Å². The maximum Gasteiger partial charge on any atom is 0.232 e. The quantitative estimate of drug-likeness (QED) is 0.915. The Balaban J connectivity index is 1.74. The Bertz CT molecular complexity index is 436. The van der Waals surface area contributed by atoms with Crippen LogP contribution in [0.5, 0.6) is 0 Å². The molecule has 0 aromatic heterocycles. The Kier molecular flexibility index (Phi) is 5.28. The fourth-order valence-corrected chi connectivity index (χ4v) is 3.18. The number of piperazine rings is 1. The highest BCUT2D eigenvalue weighted by atomic mass is 32.2. The molecule has 1 N–H and O–H groups in total. The molecule has 1 heterocycles. The lowest BCUT2D eigenvalue weighted by molar-refractivity contribution is -0.129. The lowest BCUT2D eigenvalue weighted by Crippen LogP contribution is -2.51. The Hall–Kier alpha value is -1.00. The first-order valence-corrected chi connectivity index (χ1v) is 7.95. The maximum atomic E-state index is 12.1. The average Bonchev–Trinajstić information content (AvgIpc) is 2.38. The largest absolute Gasteiger partial charge is 0.339 e. The van der Waals surface area contributed by atoms with Crippen molar-refractivity contribution in [3.05, 3.63) is 35.4 Å². The minimum absolute atomic E-state index is 0.269. The van der Waals surface area contributed by atoms with E-state index in [9.17, 15) is 4.79 Å². The third kappa shape index (κ3) is 4.55. The van der Waals surface area contributed by atoms with E-state index in [0.717, 1.165) is 25.4 Å². The molecule has 1 aliphatic heterocycles. The Morgan fingerprint density at radius 3 is 3.11 bits per heavy atom. The van der Waals surface area contributed by atoms with Crippen LogP contribution in [0.15, 0.2) is 24.3 Å². The van der Waals surface area contributed by atoms with Crippen LogP contribution in [0.3, 0.4) is 0 Å². The van der Waals surface area contributed by atoms with Gasteiger partial charge in [0.1, 0.15) is 0 Å². The first kappa shape index (κ1) is 14.4. The highest BCUT2D eigenvalue weighted by Crippen LogP contribution is 2.14. The van der Waals surface area contributed by atoms with Crippen LogP contribution in [0, 0.1) is 6.92 Å². The summed E-state index contributed by atoms with van der Waals surface area (Å²) in [5.74, 6) is 1.77. The van der Waals surface area contributed by atoms with Crippen molar-refractivity contribution in [2.75, 3.05) is 25.4 Å². The van der Waals surface area contributed by atoms with Crippen LogP contribution in [0.25, 0.3) is 0 Å². The van der Waals surface area contributed by atoms with Crippen molar-refractivity contribution in [2.24, 2.45) is 0 Å². The van der Waals surface area contributed by atoms with Gasteiger partial charge >= 0.3 is 0 Å². The molecule has 0 saturated carbocycles. The lowest BCUT2D eigenvalue weighted by Gasteiger charge is -2.31. The summed E-state index contributed by atoms with van der Waals surface area (Å²) in [6.45, 7) is 6.81. The van der Waals surface area contributed by atoms with E-state index in [-0.39, 0.29) is 5.91 Å². The molecule has 1 aromatic carbocycles. The van der Waals surface area contributed by atoms with Crippen molar-refractivity contribution in [2.45, 2.75) is 25.6 Å². The summed E-state index contributed by atoms with van der Waals surface area (Å²) >= 11 is 1.71. The van der Waals surface area contributed by atoms with Crippen molar-refractivity contribution in [1.82, 2.24) is 10.2 Å². The van der Waals surface area contributed by atoms with Crippen LogP contribution in [-0.2, 0) is 10.5 Å². The molecular weight excluding hydrogens is 256 g/mol. The molecular formula is C15H22N2OS. The topological polar surface area (TPSA) is 32.3 Å². The number of hydrogen-bond acceptors (Lipinski definition) is 3. The summed E-state index contributed by atoms with van der Waals surface area (Å²) in [6.07, 6.45) is 0. The minimum atomic E-state index is 0.269. The van der Waals surface area contributed by atoms with Crippen LogP contribution in [-0.4, -0.2) is 42.2 Å². The Morgan fingerprint density at radius 1 is 1.53 bits per heavy atom. The zero-order valence-electron chi connectivity index (χ0n) is 11.7. The van der Waals surface area contributed by atoms with Crippen molar-refractivity contribution < 1.29 is 4.79 Å². The molecule has 104 valence electrons. The molecule has 1 saturated heterocycles. The minimum Gasteiger partial charge on any atom is -0.339 e. The molecule has 3 nitrogen and oxygen atoms in total. The van der Waals surface area contributed by atoms with Gasteiger partial charge in [-0.2, -0.15) is 0 Å². The molecule has 4 heteroatoms. The fourth-order valence-electron chi connectivity index (χ4n) is 2.31. The van der Waals surface area contributed by atoms with Gasteiger partial charge in [0.15, 0.2) is 0 Å². The van der Waals surface area contributed by atoms with Gasteiger partial charge in [-0.15, -0.1) is 11.8 Å². The third-order valence-electron chi connectivity index (χ3n) is 3.30. The van der Waals surface area contributed by atoms with Crippen LogP contribution in [0.4, 0.5) is 0 Å². The summed E-state index contributed by atoms with van der Waals surface area (Å²) < 4.78 is 0. The molecule has 1 fully saturated rings. The SMILES string of the molecule is Cc1cccc(CSCC(=O)N2CCNC(C)C2)c1. The first-order valence-electron chi connectivity index (χ1n) is 6.79. The van der Waals surface area contributed by atoms with Gasteiger partial charge in [0.25, 0.3) is 0 Å². The number of benzene rings is 1. The molecule has 19 heavy (non-hydrogen) atoms. The first-order chi connectivity index (χ1) is 9.15. The standard InChI is InChI=1S/C15H22N2OS/c1-12-4-3-5-14(8-12)10-19-11-15(18)17-7-6-16-13(2)9-17/h3-5,8,13,16H,6-7,9-11H2,1-2H3. The van der Waals surface area contributed by atoms with Gasteiger partial charge in [-0.1, -0.05) is 29.8 Å². The number of carbonyl (C=O) groups excluding carboxylic acids is 1. The predicted octanol–water partition coefficient (Wildman–Crippen LogP) is 2.05. The van der Waals surface area contributed by atoms with Crippen molar-refractivity contribution >= 4 is 17.7 Å². The fraction of sp³-hybridized carbons (Fsp3) is 0.533. The van der Waals surface area contributed by atoms with Crippen LogP contribution < -0.4 is 5.32 Å². The second kappa shape index (κ2) is 6.96. The number of hydrogen-bond donors (Lipinski definition) is 1. The highest BCUT2D eigenvalue weighted by molar-refractivity contribution is 7.99. The maximum absolute atomic E-state index is 12.1. The number of nitrogens with zero attached hydrogens (tertiary/aromatic N) is 1. The summed E-state index contributed by atoms with van der Waals surface area (Å²) in [7, 11) is 0. The predicted molar refractivity (Wildman–Crippen MR) is 81.4 cm³/mol. The number of rotatable bonds is 4. The van der Waals surface area contributed by atoms with E-state index in [1.54, 1.807) is 11.8 Å². The molecule has 1 atom stereocenters. The number of nitrogens with one attached hydrogen (secondary N) is 1. The molecule has 0 spiro atoms. The van der Waals surface area contributed by atoms with Crippen molar-refractivity contribution in [3.8, 4) is 0 Å². The summed E-state index contributed by atoms with van der Waals surface area (Å²) in [4.78, 5) is 14.1. The zero-order chi connectivity index (χ0) is 13.7. The molecule has 1 amide bonds. The van der Waals surface area contributed by atoms with E-state index in [1.807, 2.05) is 4.90 Å². The van der Waals surface area contributed by atoms with Gasteiger partial charge in [0, 0.05) is 31.4 Å². The Morgan fingerprint density at radius 2 is 2.37 bits per heavy atom. The van der Waals surface area contributed by atoms with Crippen molar-refractivity contribution in [3.63, 3.8) is 0 Å². The average molecular weight is 278 g/mol. The van der Waals surface area contributed by atoms with E-state index in [0.29, 0.717) is 11.8 Å². The number of aryl methyl sites for hydroxylation is 1. The smallest absolute Gasteiger partial charge is 0.232 e. The summed E-state index contributed by atoms with van der Waals surface area (Å²) in [5.41, 5.74) is 2.58. The van der Waals surface area contributed by atoms with Gasteiger partial charge < -0.3 is 10.2 Å². The van der Waals surface area contributed by atoms with E-state index in [4.69, 9.17) is 0 Å². The molecule has 1 aromatic rings. The molecule has 0 bridgehead atoms. The summed E-state index contributed by atoms with van der Waals surface area (Å²) in [5, 5.41) is 3.35. The second-order valence-corrected chi connectivity index (χ2v) is 6.16. The molecule has 0 radical (unpaired) electrons. The van der Waals surface area contributed by atoms with Crippen molar-refractivity contribution in [1.29, 1.82) is 0 Å². The van der Waals surface area contributed by atoms with Gasteiger partial charge in [0.05, 0.1) is 5.75 Å². The van der Waals surface area contributed by atoms with Gasteiger partial charge in [-0.25, -0.2) is 0 Å². The van der Waals surface area contributed by atoms with Gasteiger partial charge in [0.2, 0.25) is 5.91 Å². The van der Waals surface area contributed by atoms with Gasteiger partial charge in [-0.3, -0.25) is 4.79 Å². The number of thioether (sulfide) groups is 1. The second-order valence-electron chi connectivity index (χ2n) is 5.18. The molecule has 1 aliphatic rings. The number of carbonyl (C=O) groups is 1. The van der Waals surface area contributed by atoms with E-state index in [1.165, 1.54) is 11.1 Å². The molecule has 2 rings (SSSR count). The third-order valence-corrected chi connectivity index (χ3v) is 4.29. The zero-order valence-corrected chi connectivity index (χ0v) is 12.5.